The fourth-order valence-electron chi connectivity index (χ4n) is 3.74. The zero-order chi connectivity index (χ0) is 18.3. The highest BCUT2D eigenvalue weighted by molar-refractivity contribution is 5.88. The summed E-state index contributed by atoms with van der Waals surface area (Å²) >= 11 is 0. The normalized spacial score (nSPS) is 11.9. The molecule has 0 spiro atoms. The largest absolute Gasteiger partial charge is 1.00 e. The molecule has 0 N–H and O–H groups in total. The minimum atomic E-state index is 0. The standard InChI is InChI=1S/C21H22NO4.ClH/c1-23-18-6-5-15-16(21(18)26-4)7-8-22-12-14-11-20(25-3)19(24-2)10-13(14)9-17(15)22;/h5-6,9-12H,7-8H2,1-4H3;1H/q+1;/p-1. The number of methoxy groups -OCH3 is 4. The first-order chi connectivity index (χ1) is 12.7. The molecule has 0 saturated heterocycles. The fraction of sp³-hybridized carbons (Fsp3) is 0.286. The molecule has 4 rings (SSSR count). The average Bonchev–Trinajstić information content (AvgIpc) is 2.69. The van der Waals surface area contributed by atoms with E-state index in [0.717, 1.165) is 52.4 Å². The van der Waals surface area contributed by atoms with Gasteiger partial charge in [0.2, 0.25) is 5.69 Å². The molecule has 0 unspecified atom stereocenters. The van der Waals surface area contributed by atoms with Gasteiger partial charge in [-0.1, -0.05) is 0 Å². The van der Waals surface area contributed by atoms with Crippen molar-refractivity contribution in [3.05, 3.63) is 42.1 Å². The van der Waals surface area contributed by atoms with E-state index in [1.807, 2.05) is 18.2 Å². The van der Waals surface area contributed by atoms with Gasteiger partial charge in [0, 0.05) is 23.4 Å². The van der Waals surface area contributed by atoms with E-state index in [1.54, 1.807) is 28.4 Å². The predicted molar refractivity (Wildman–Crippen MR) is 99.5 cm³/mol. The fourth-order valence-corrected chi connectivity index (χ4v) is 3.74. The van der Waals surface area contributed by atoms with Crippen molar-refractivity contribution >= 4 is 10.8 Å². The third kappa shape index (κ3) is 3.02. The number of aromatic nitrogens is 1. The number of nitrogens with zero attached hydrogens (tertiary/aromatic N) is 1. The van der Waals surface area contributed by atoms with Crippen LogP contribution < -0.4 is 35.9 Å². The molecule has 0 atom stereocenters. The molecule has 1 aliphatic heterocycles. The molecule has 3 aromatic rings. The van der Waals surface area contributed by atoms with Crippen LogP contribution in [0.3, 0.4) is 0 Å². The van der Waals surface area contributed by atoms with E-state index in [4.69, 9.17) is 18.9 Å². The third-order valence-corrected chi connectivity index (χ3v) is 5.01. The van der Waals surface area contributed by atoms with Crippen LogP contribution in [-0.2, 0) is 13.0 Å². The number of hydrogen-bond donors (Lipinski definition) is 0. The van der Waals surface area contributed by atoms with Crippen LogP contribution in [0.5, 0.6) is 23.0 Å². The van der Waals surface area contributed by atoms with E-state index in [2.05, 4.69) is 22.9 Å². The van der Waals surface area contributed by atoms with Crippen molar-refractivity contribution in [2.24, 2.45) is 0 Å². The van der Waals surface area contributed by atoms with Gasteiger partial charge < -0.3 is 31.4 Å². The predicted octanol–water partition coefficient (Wildman–Crippen LogP) is 0.389. The summed E-state index contributed by atoms with van der Waals surface area (Å²) in [6, 6.07) is 10.3. The van der Waals surface area contributed by atoms with Gasteiger partial charge in [-0.3, -0.25) is 0 Å². The molecule has 0 radical (unpaired) electrons. The van der Waals surface area contributed by atoms with Crippen LogP contribution in [-0.4, -0.2) is 28.4 Å². The van der Waals surface area contributed by atoms with Crippen molar-refractivity contribution in [3.8, 4) is 34.3 Å². The summed E-state index contributed by atoms with van der Waals surface area (Å²) in [5.74, 6) is 3.06. The Hall–Kier alpha value is -2.66. The zero-order valence-electron chi connectivity index (χ0n) is 15.8. The monoisotopic (exact) mass is 387 g/mol. The van der Waals surface area contributed by atoms with E-state index >= 15 is 0 Å². The Balaban J connectivity index is 0.00000210. The molecular formula is C21H22ClNO4. The lowest BCUT2D eigenvalue weighted by Crippen LogP contribution is -3.00. The minimum Gasteiger partial charge on any atom is -1.00 e. The van der Waals surface area contributed by atoms with E-state index in [9.17, 15) is 0 Å². The number of aryl methyl sites for hydroxylation is 1. The van der Waals surface area contributed by atoms with Crippen molar-refractivity contribution in [2.45, 2.75) is 13.0 Å². The number of rotatable bonds is 4. The lowest BCUT2D eigenvalue weighted by molar-refractivity contribution is -0.686. The Morgan fingerprint density at radius 2 is 1.44 bits per heavy atom. The van der Waals surface area contributed by atoms with E-state index in [0.29, 0.717) is 0 Å². The first-order valence-corrected chi connectivity index (χ1v) is 8.53. The minimum absolute atomic E-state index is 0. The Labute approximate surface area is 164 Å². The maximum absolute atomic E-state index is 5.63. The Morgan fingerprint density at radius 3 is 2.07 bits per heavy atom. The number of benzene rings is 2. The number of hydrogen-bond acceptors (Lipinski definition) is 4. The van der Waals surface area contributed by atoms with Crippen LogP contribution in [0.1, 0.15) is 5.56 Å². The summed E-state index contributed by atoms with van der Waals surface area (Å²) in [6.07, 6.45) is 3.07. The maximum atomic E-state index is 5.63. The van der Waals surface area contributed by atoms with Gasteiger partial charge in [-0.15, -0.1) is 0 Å². The zero-order valence-corrected chi connectivity index (χ0v) is 16.6. The summed E-state index contributed by atoms with van der Waals surface area (Å²) < 4.78 is 24.3. The van der Waals surface area contributed by atoms with Crippen LogP contribution in [0.25, 0.3) is 22.0 Å². The molecule has 5 nitrogen and oxygen atoms in total. The van der Waals surface area contributed by atoms with Crippen LogP contribution >= 0.6 is 0 Å². The smallest absolute Gasteiger partial charge is 0.213 e. The van der Waals surface area contributed by atoms with E-state index in [1.165, 1.54) is 11.1 Å². The summed E-state index contributed by atoms with van der Waals surface area (Å²) in [4.78, 5) is 0. The van der Waals surface area contributed by atoms with Gasteiger partial charge in [0.25, 0.3) is 0 Å². The number of fused-ring (bicyclic) bond motifs is 4. The van der Waals surface area contributed by atoms with Gasteiger partial charge in [-0.05, 0) is 29.7 Å². The molecule has 0 aliphatic carbocycles. The number of pyridine rings is 1. The van der Waals surface area contributed by atoms with Gasteiger partial charge in [-0.2, -0.15) is 4.57 Å². The van der Waals surface area contributed by atoms with Crippen molar-refractivity contribution < 1.29 is 35.9 Å². The van der Waals surface area contributed by atoms with Gasteiger partial charge >= 0.3 is 0 Å². The molecule has 0 fully saturated rings. The average molecular weight is 388 g/mol. The first kappa shape index (κ1) is 19.1. The van der Waals surface area contributed by atoms with Crippen molar-refractivity contribution in [3.63, 3.8) is 0 Å². The highest BCUT2D eigenvalue weighted by Gasteiger charge is 2.28. The molecular weight excluding hydrogens is 366 g/mol. The van der Waals surface area contributed by atoms with E-state index < -0.39 is 0 Å². The quantitative estimate of drug-likeness (QED) is 0.607. The summed E-state index contributed by atoms with van der Waals surface area (Å²) in [5.41, 5.74) is 3.52. The highest BCUT2D eigenvalue weighted by Crippen LogP contribution is 2.40. The van der Waals surface area contributed by atoms with Crippen molar-refractivity contribution in [1.29, 1.82) is 0 Å². The molecule has 0 saturated carbocycles. The molecule has 27 heavy (non-hydrogen) atoms. The molecule has 2 aromatic carbocycles. The van der Waals surface area contributed by atoms with Crippen LogP contribution in [0.15, 0.2) is 36.5 Å². The molecule has 142 valence electrons. The Morgan fingerprint density at radius 1 is 0.778 bits per heavy atom. The molecule has 0 amide bonds. The molecule has 1 aliphatic rings. The third-order valence-electron chi connectivity index (χ3n) is 5.01. The number of ether oxygens (including phenoxy) is 4. The van der Waals surface area contributed by atoms with Crippen LogP contribution in [0, 0.1) is 0 Å². The summed E-state index contributed by atoms with van der Waals surface area (Å²) in [5, 5.41) is 2.23. The summed E-state index contributed by atoms with van der Waals surface area (Å²) in [6.45, 7) is 0.885. The molecule has 2 heterocycles. The topological polar surface area (TPSA) is 40.8 Å². The second-order valence-electron chi connectivity index (χ2n) is 6.27. The second kappa shape index (κ2) is 7.53. The SMILES string of the molecule is COc1cc2cc3[n+](cc2cc1OC)CCc1c-3ccc(OC)c1OC.[Cl-]. The molecule has 1 aromatic heterocycles. The van der Waals surface area contributed by atoms with Crippen molar-refractivity contribution in [1.82, 2.24) is 0 Å². The lowest BCUT2D eigenvalue weighted by atomic mass is 9.94. The molecule has 6 heteroatoms. The molecule has 0 bridgehead atoms. The van der Waals surface area contributed by atoms with Crippen LogP contribution in [0.4, 0.5) is 0 Å². The van der Waals surface area contributed by atoms with Gasteiger partial charge in [0.05, 0.1) is 34.0 Å². The van der Waals surface area contributed by atoms with E-state index in [-0.39, 0.29) is 12.4 Å². The Kier molecular flexibility index (Phi) is 5.33. The van der Waals surface area contributed by atoms with Gasteiger partial charge in [0.1, 0.15) is 0 Å². The van der Waals surface area contributed by atoms with Crippen LogP contribution in [0.2, 0.25) is 0 Å². The van der Waals surface area contributed by atoms with Gasteiger partial charge in [-0.25, -0.2) is 0 Å². The van der Waals surface area contributed by atoms with Crippen molar-refractivity contribution in [2.75, 3.05) is 28.4 Å². The number of halogens is 1. The highest BCUT2D eigenvalue weighted by atomic mass is 35.5. The maximum Gasteiger partial charge on any atom is 0.213 e. The Bertz CT molecular complexity index is 1000. The lowest BCUT2D eigenvalue weighted by Gasteiger charge is -2.20. The van der Waals surface area contributed by atoms with Gasteiger partial charge in [0.15, 0.2) is 35.7 Å². The first-order valence-electron chi connectivity index (χ1n) is 8.53. The summed E-state index contributed by atoms with van der Waals surface area (Å²) in [7, 11) is 6.68. The second-order valence-corrected chi connectivity index (χ2v) is 6.27.